The number of amides is 1. The van der Waals surface area contributed by atoms with Crippen molar-refractivity contribution in [2.75, 3.05) is 38.5 Å². The highest BCUT2D eigenvalue weighted by molar-refractivity contribution is 8.00. The van der Waals surface area contributed by atoms with Crippen LogP contribution in [0.2, 0.25) is 0 Å². The highest BCUT2D eigenvalue weighted by Crippen LogP contribution is 2.53. The van der Waals surface area contributed by atoms with E-state index in [4.69, 9.17) is 0 Å². The van der Waals surface area contributed by atoms with Crippen molar-refractivity contribution in [3.8, 4) is 0 Å². The van der Waals surface area contributed by atoms with Crippen molar-refractivity contribution in [3.63, 3.8) is 0 Å². The van der Waals surface area contributed by atoms with E-state index in [1.54, 1.807) is 11.8 Å². The van der Waals surface area contributed by atoms with E-state index in [1.165, 1.54) is 25.7 Å². The fourth-order valence-corrected chi connectivity index (χ4v) is 6.20. The molecule has 1 atom stereocenters. The Balaban J connectivity index is 1.37. The van der Waals surface area contributed by atoms with Gasteiger partial charge < -0.3 is 9.69 Å². The molecule has 1 heterocycles. The second kappa shape index (κ2) is 8.81. The van der Waals surface area contributed by atoms with Crippen LogP contribution in [0.3, 0.4) is 0 Å². The minimum Gasteiger partial charge on any atom is -0.343 e. The molecule has 0 aromatic heterocycles. The second-order valence-electron chi connectivity index (χ2n) is 9.39. The van der Waals surface area contributed by atoms with E-state index in [2.05, 4.69) is 4.90 Å². The Morgan fingerprint density at radius 3 is 2.19 bits per heavy atom. The third-order valence-corrected chi connectivity index (χ3v) is 8.54. The van der Waals surface area contributed by atoms with E-state index in [0.717, 1.165) is 57.1 Å². The Labute approximate surface area is 167 Å². The molecule has 1 aliphatic heterocycles. The number of aldehydes is 1. The van der Waals surface area contributed by atoms with E-state index >= 15 is 0 Å². The molecule has 1 saturated heterocycles. The molecule has 0 spiro atoms. The molecule has 1 amide bonds. The van der Waals surface area contributed by atoms with Crippen LogP contribution < -0.4 is 0 Å². The molecule has 154 valence electrons. The molecule has 2 aliphatic carbocycles. The molecule has 3 fully saturated rings. The molecule has 1 unspecified atom stereocenters. The van der Waals surface area contributed by atoms with Gasteiger partial charge in [0.25, 0.3) is 0 Å². The summed E-state index contributed by atoms with van der Waals surface area (Å²) in [4.78, 5) is 26.7. The molecule has 0 bridgehead atoms. The number of carbonyl (C=O) groups excluding carboxylic acids is 2. The summed E-state index contributed by atoms with van der Waals surface area (Å²) in [6, 6.07) is 0. The summed E-state index contributed by atoms with van der Waals surface area (Å²) in [5.74, 6) is 2.03. The molecule has 27 heavy (non-hydrogen) atoms. The summed E-state index contributed by atoms with van der Waals surface area (Å²) >= 11 is 1.80. The van der Waals surface area contributed by atoms with Crippen molar-refractivity contribution in [1.82, 2.24) is 9.80 Å². The van der Waals surface area contributed by atoms with E-state index in [0.29, 0.717) is 18.8 Å². The van der Waals surface area contributed by atoms with Gasteiger partial charge in [-0.05, 0) is 70.0 Å². The summed E-state index contributed by atoms with van der Waals surface area (Å²) in [6.07, 6.45) is 7.95. The van der Waals surface area contributed by atoms with E-state index in [9.17, 15) is 14.0 Å². The van der Waals surface area contributed by atoms with Crippen molar-refractivity contribution in [1.29, 1.82) is 0 Å². The highest BCUT2D eigenvalue weighted by atomic mass is 32.2. The fraction of sp³-hybridized carbons (Fsp3) is 0.905. The Kier molecular flexibility index (Phi) is 6.88. The SMILES string of the molecule is CC(C)(SCC1CCC(CN2CCN(C=O)CC2)CC1)C(C=O)C1(F)CC1. The number of halogens is 1. The monoisotopic (exact) mass is 398 g/mol. The van der Waals surface area contributed by atoms with E-state index < -0.39 is 11.6 Å². The first-order valence-corrected chi connectivity index (χ1v) is 11.5. The van der Waals surface area contributed by atoms with Crippen LogP contribution in [0.25, 0.3) is 0 Å². The zero-order valence-electron chi connectivity index (χ0n) is 16.9. The Morgan fingerprint density at radius 1 is 1.07 bits per heavy atom. The first-order chi connectivity index (χ1) is 12.9. The lowest BCUT2D eigenvalue weighted by atomic mass is 9.82. The van der Waals surface area contributed by atoms with Crippen LogP contribution in [0, 0.1) is 17.8 Å². The van der Waals surface area contributed by atoms with Gasteiger partial charge in [-0.2, -0.15) is 11.8 Å². The van der Waals surface area contributed by atoms with Gasteiger partial charge in [0.2, 0.25) is 6.41 Å². The number of alkyl halides is 1. The van der Waals surface area contributed by atoms with Crippen LogP contribution >= 0.6 is 11.8 Å². The van der Waals surface area contributed by atoms with E-state index in [1.807, 2.05) is 18.7 Å². The van der Waals surface area contributed by atoms with Crippen LogP contribution in [0.15, 0.2) is 0 Å². The molecule has 2 saturated carbocycles. The lowest BCUT2D eigenvalue weighted by Crippen LogP contribution is -2.47. The summed E-state index contributed by atoms with van der Waals surface area (Å²) < 4.78 is 14.2. The molecule has 0 aromatic carbocycles. The number of hydrogen-bond donors (Lipinski definition) is 0. The summed E-state index contributed by atoms with van der Waals surface area (Å²) in [5, 5.41) is 0. The smallest absolute Gasteiger partial charge is 0.209 e. The normalized spacial score (nSPS) is 30.0. The average Bonchev–Trinajstić information content (AvgIpc) is 3.40. The molecule has 0 aromatic rings. The predicted molar refractivity (Wildman–Crippen MR) is 109 cm³/mol. The topological polar surface area (TPSA) is 40.6 Å². The maximum absolute atomic E-state index is 14.5. The molecule has 6 heteroatoms. The molecular formula is C21H35FN2O2S. The number of thioether (sulfide) groups is 1. The quantitative estimate of drug-likeness (QED) is 0.558. The minimum absolute atomic E-state index is 0.317. The molecule has 3 rings (SSSR count). The standard InChI is InChI=1S/C21H35FN2O2S/c1-20(2,19(14-25)21(22)7-8-21)27-15-18-5-3-17(4-6-18)13-23-9-11-24(16-26)12-10-23/h14,16-19H,3-13,15H2,1-2H3. The highest BCUT2D eigenvalue weighted by Gasteiger charge is 2.55. The number of nitrogens with zero attached hydrogens (tertiary/aromatic N) is 2. The van der Waals surface area contributed by atoms with Crippen LogP contribution in [0.5, 0.6) is 0 Å². The van der Waals surface area contributed by atoms with Gasteiger partial charge >= 0.3 is 0 Å². The van der Waals surface area contributed by atoms with E-state index in [-0.39, 0.29) is 4.75 Å². The largest absolute Gasteiger partial charge is 0.343 e. The van der Waals surface area contributed by atoms with Gasteiger partial charge in [0, 0.05) is 37.5 Å². The first-order valence-electron chi connectivity index (χ1n) is 10.6. The Morgan fingerprint density at radius 2 is 1.67 bits per heavy atom. The Bertz CT molecular complexity index is 510. The van der Waals surface area contributed by atoms with Crippen LogP contribution in [-0.2, 0) is 9.59 Å². The first kappa shape index (κ1) is 21.1. The third-order valence-electron chi connectivity index (χ3n) is 6.90. The van der Waals surface area contributed by atoms with Gasteiger partial charge in [-0.15, -0.1) is 0 Å². The van der Waals surface area contributed by atoms with Gasteiger partial charge in [0.05, 0.1) is 5.92 Å². The third kappa shape index (κ3) is 5.47. The summed E-state index contributed by atoms with van der Waals surface area (Å²) in [7, 11) is 0. The number of piperazine rings is 1. The van der Waals surface area contributed by atoms with Crippen molar-refractivity contribution in [3.05, 3.63) is 0 Å². The van der Waals surface area contributed by atoms with Gasteiger partial charge in [0.15, 0.2) is 0 Å². The zero-order chi connectivity index (χ0) is 19.5. The number of rotatable bonds is 9. The fourth-order valence-electron chi connectivity index (χ4n) is 4.76. The molecule has 4 nitrogen and oxygen atoms in total. The molecule has 3 aliphatic rings. The number of carbonyl (C=O) groups is 2. The van der Waals surface area contributed by atoms with Gasteiger partial charge in [-0.25, -0.2) is 4.39 Å². The van der Waals surface area contributed by atoms with Crippen molar-refractivity contribution in [2.24, 2.45) is 17.8 Å². The summed E-state index contributed by atoms with van der Waals surface area (Å²) in [6.45, 7) is 8.97. The lowest BCUT2D eigenvalue weighted by Gasteiger charge is -2.38. The predicted octanol–water partition coefficient (Wildman–Crippen LogP) is 3.40. The second-order valence-corrected chi connectivity index (χ2v) is 11.1. The van der Waals surface area contributed by atoms with Crippen LogP contribution in [0.1, 0.15) is 52.4 Å². The Hall–Kier alpha value is -0.620. The van der Waals surface area contributed by atoms with Gasteiger partial charge in [-0.3, -0.25) is 9.69 Å². The van der Waals surface area contributed by atoms with Crippen molar-refractivity contribution >= 4 is 24.5 Å². The minimum atomic E-state index is -1.23. The summed E-state index contributed by atoms with van der Waals surface area (Å²) in [5.41, 5.74) is -1.23. The molecule has 0 N–H and O–H groups in total. The zero-order valence-corrected chi connectivity index (χ0v) is 17.7. The molecule has 0 radical (unpaired) electrons. The lowest BCUT2D eigenvalue weighted by molar-refractivity contribution is -0.119. The maximum Gasteiger partial charge on any atom is 0.209 e. The number of hydrogen-bond acceptors (Lipinski definition) is 4. The van der Waals surface area contributed by atoms with Crippen LogP contribution in [0.4, 0.5) is 4.39 Å². The van der Waals surface area contributed by atoms with Crippen LogP contribution in [-0.4, -0.2) is 71.4 Å². The van der Waals surface area contributed by atoms with Gasteiger partial charge in [-0.1, -0.05) is 0 Å². The average molecular weight is 399 g/mol. The maximum atomic E-state index is 14.5. The van der Waals surface area contributed by atoms with Crippen molar-refractivity contribution in [2.45, 2.75) is 62.8 Å². The molecular weight excluding hydrogens is 363 g/mol. The van der Waals surface area contributed by atoms with Gasteiger partial charge in [0.1, 0.15) is 12.0 Å². The van der Waals surface area contributed by atoms with Crippen molar-refractivity contribution < 1.29 is 14.0 Å².